The third-order valence-corrected chi connectivity index (χ3v) is 6.27. The Labute approximate surface area is 182 Å². The van der Waals surface area contributed by atoms with Crippen molar-refractivity contribution in [2.24, 2.45) is 7.05 Å². The second-order valence-electron chi connectivity index (χ2n) is 7.45. The van der Waals surface area contributed by atoms with Crippen molar-refractivity contribution in [1.82, 2.24) is 14.5 Å². The molecule has 3 heterocycles. The Kier molecular flexibility index (Phi) is 5.58. The van der Waals surface area contributed by atoms with Gasteiger partial charge in [0, 0.05) is 39.3 Å². The van der Waals surface area contributed by atoms with Gasteiger partial charge in [-0.2, -0.15) is 5.26 Å². The van der Waals surface area contributed by atoms with Gasteiger partial charge in [0.25, 0.3) is 5.56 Å². The van der Waals surface area contributed by atoms with Crippen LogP contribution in [-0.2, 0) is 7.05 Å². The Morgan fingerprint density at radius 2 is 1.80 bits per heavy atom. The van der Waals surface area contributed by atoms with Crippen LogP contribution in [0.2, 0.25) is 0 Å². The third-order valence-electron chi connectivity index (χ3n) is 5.82. The average molecular weight is 470 g/mol. The maximum absolute atomic E-state index is 13.2. The van der Waals surface area contributed by atoms with Crippen molar-refractivity contribution in [3.05, 3.63) is 68.3 Å². The Bertz CT molecular complexity index is 1190. The van der Waals surface area contributed by atoms with Crippen LogP contribution in [0.25, 0.3) is 11.0 Å². The van der Waals surface area contributed by atoms with E-state index in [4.69, 9.17) is 0 Å². The average Bonchev–Trinajstić information content (AvgIpc) is 2.76. The lowest BCUT2D eigenvalue weighted by Gasteiger charge is -2.39. The van der Waals surface area contributed by atoms with Gasteiger partial charge in [0.2, 0.25) is 0 Å². The molecule has 1 aromatic carbocycles. The van der Waals surface area contributed by atoms with Crippen LogP contribution in [0.3, 0.4) is 0 Å². The Morgan fingerprint density at radius 3 is 2.43 bits per heavy atom. The monoisotopic (exact) mass is 469 g/mol. The van der Waals surface area contributed by atoms with Gasteiger partial charge in [-0.1, -0.05) is 12.1 Å². The summed E-state index contributed by atoms with van der Waals surface area (Å²) in [6, 6.07) is 12.5. The second-order valence-corrected chi connectivity index (χ2v) is 8.26. The number of nitrogens with zero attached hydrogens (tertiary/aromatic N) is 5. The summed E-state index contributed by atoms with van der Waals surface area (Å²) in [5.41, 5.74) is 2.81. The van der Waals surface area contributed by atoms with Gasteiger partial charge in [-0.25, -0.2) is 9.37 Å². The van der Waals surface area contributed by atoms with E-state index in [0.29, 0.717) is 34.4 Å². The molecule has 1 aliphatic rings. The highest BCUT2D eigenvalue weighted by molar-refractivity contribution is 9.10. The first-order chi connectivity index (χ1) is 14.4. The Balaban J connectivity index is 1.66. The number of anilines is 1. The van der Waals surface area contributed by atoms with E-state index in [1.54, 1.807) is 13.1 Å². The van der Waals surface area contributed by atoms with Gasteiger partial charge in [0.1, 0.15) is 27.6 Å². The SMILES string of the molecule is C[C@@H](c1ccc(F)cc1)N1CCN(c2c(C#N)c(=O)n(C)c3ccc(Br)nc23)CC1. The predicted octanol–water partition coefficient (Wildman–Crippen LogP) is 3.59. The number of pyridine rings is 2. The minimum absolute atomic E-state index is 0.121. The van der Waals surface area contributed by atoms with Gasteiger partial charge in [0.15, 0.2) is 0 Å². The molecule has 30 heavy (non-hydrogen) atoms. The number of rotatable bonds is 3. The maximum Gasteiger partial charge on any atom is 0.270 e. The molecule has 0 radical (unpaired) electrons. The van der Waals surface area contributed by atoms with Crippen molar-refractivity contribution in [1.29, 1.82) is 5.26 Å². The van der Waals surface area contributed by atoms with Gasteiger partial charge >= 0.3 is 0 Å². The lowest BCUT2D eigenvalue weighted by molar-refractivity contribution is 0.198. The molecule has 0 N–H and O–H groups in total. The first-order valence-electron chi connectivity index (χ1n) is 9.74. The molecule has 0 aliphatic carbocycles. The van der Waals surface area contributed by atoms with E-state index in [9.17, 15) is 14.4 Å². The van der Waals surface area contributed by atoms with Crippen molar-refractivity contribution in [3.8, 4) is 6.07 Å². The lowest BCUT2D eigenvalue weighted by Crippen LogP contribution is -2.48. The summed E-state index contributed by atoms with van der Waals surface area (Å²) in [4.78, 5) is 21.8. The highest BCUT2D eigenvalue weighted by Crippen LogP contribution is 2.30. The number of piperazine rings is 1. The van der Waals surface area contributed by atoms with Crippen LogP contribution in [0, 0.1) is 17.1 Å². The first-order valence-corrected chi connectivity index (χ1v) is 10.5. The number of benzene rings is 1. The quantitative estimate of drug-likeness (QED) is 0.548. The smallest absolute Gasteiger partial charge is 0.270 e. The molecule has 0 bridgehead atoms. The highest BCUT2D eigenvalue weighted by atomic mass is 79.9. The summed E-state index contributed by atoms with van der Waals surface area (Å²) < 4.78 is 15.4. The molecule has 0 saturated carbocycles. The van der Waals surface area contributed by atoms with Crippen LogP contribution >= 0.6 is 15.9 Å². The van der Waals surface area contributed by atoms with E-state index in [2.05, 4.69) is 43.7 Å². The Morgan fingerprint density at radius 1 is 1.13 bits per heavy atom. The fraction of sp³-hybridized carbons (Fsp3) is 0.318. The molecule has 2 aromatic heterocycles. The molecule has 0 unspecified atom stereocenters. The van der Waals surface area contributed by atoms with Gasteiger partial charge in [-0.15, -0.1) is 0 Å². The second kappa shape index (κ2) is 8.17. The number of hydrogen-bond donors (Lipinski definition) is 0. The highest BCUT2D eigenvalue weighted by Gasteiger charge is 2.27. The van der Waals surface area contributed by atoms with Crippen LogP contribution < -0.4 is 10.5 Å². The van der Waals surface area contributed by atoms with E-state index in [0.717, 1.165) is 18.7 Å². The zero-order valence-electron chi connectivity index (χ0n) is 16.8. The zero-order valence-corrected chi connectivity index (χ0v) is 18.4. The maximum atomic E-state index is 13.2. The van der Waals surface area contributed by atoms with Gasteiger partial charge in [-0.05, 0) is 52.7 Å². The van der Waals surface area contributed by atoms with Crippen molar-refractivity contribution in [2.45, 2.75) is 13.0 Å². The molecule has 3 aromatic rings. The largest absolute Gasteiger partial charge is 0.366 e. The molecular formula is C22H21BrFN5O. The van der Waals surface area contributed by atoms with Crippen LogP contribution in [0.5, 0.6) is 0 Å². The fourth-order valence-corrected chi connectivity index (χ4v) is 4.37. The molecule has 1 aliphatic heterocycles. The zero-order chi connectivity index (χ0) is 21.4. The van der Waals surface area contributed by atoms with Crippen molar-refractivity contribution >= 4 is 32.7 Å². The van der Waals surface area contributed by atoms with E-state index >= 15 is 0 Å². The van der Waals surface area contributed by atoms with Crippen LogP contribution in [0.15, 0.2) is 45.8 Å². The molecule has 1 fully saturated rings. The molecule has 0 amide bonds. The first kappa shape index (κ1) is 20.5. The summed E-state index contributed by atoms with van der Waals surface area (Å²) in [6.45, 7) is 4.95. The van der Waals surface area contributed by atoms with Crippen LogP contribution in [0.4, 0.5) is 10.1 Å². The Hall–Kier alpha value is -2.76. The molecule has 154 valence electrons. The number of halogens is 2. The molecular weight excluding hydrogens is 449 g/mol. The van der Waals surface area contributed by atoms with E-state index < -0.39 is 0 Å². The standard InChI is InChI=1S/C22H21BrFN5O/c1-14(15-3-5-16(24)6-4-15)28-9-11-29(12-10-28)21-17(13-25)22(30)27(2)18-7-8-19(23)26-20(18)21/h3-8,14H,9-12H2,1-2H3/t14-/m0/s1. The van der Waals surface area contributed by atoms with E-state index in [1.807, 2.05) is 18.2 Å². The minimum Gasteiger partial charge on any atom is -0.366 e. The number of hydrogen-bond acceptors (Lipinski definition) is 5. The van der Waals surface area contributed by atoms with Crippen molar-refractivity contribution in [3.63, 3.8) is 0 Å². The van der Waals surface area contributed by atoms with E-state index in [-0.39, 0.29) is 23.0 Å². The van der Waals surface area contributed by atoms with Crippen molar-refractivity contribution < 1.29 is 4.39 Å². The fourth-order valence-electron chi connectivity index (χ4n) is 4.06. The molecule has 0 spiro atoms. The molecule has 8 heteroatoms. The number of fused-ring (bicyclic) bond motifs is 1. The van der Waals surface area contributed by atoms with Crippen LogP contribution in [-0.4, -0.2) is 40.6 Å². The summed E-state index contributed by atoms with van der Waals surface area (Å²) in [5, 5.41) is 9.72. The molecule has 6 nitrogen and oxygen atoms in total. The van der Waals surface area contributed by atoms with Gasteiger partial charge < -0.3 is 9.47 Å². The van der Waals surface area contributed by atoms with Gasteiger partial charge in [0.05, 0.1) is 11.2 Å². The summed E-state index contributed by atoms with van der Waals surface area (Å²) in [6.07, 6.45) is 0. The van der Waals surface area contributed by atoms with Crippen LogP contribution in [0.1, 0.15) is 24.1 Å². The summed E-state index contributed by atoms with van der Waals surface area (Å²) in [5.74, 6) is -0.240. The summed E-state index contributed by atoms with van der Waals surface area (Å²) >= 11 is 3.40. The number of nitriles is 1. The normalized spacial score (nSPS) is 15.9. The van der Waals surface area contributed by atoms with E-state index in [1.165, 1.54) is 16.7 Å². The molecule has 1 saturated heterocycles. The third kappa shape index (κ3) is 3.59. The predicted molar refractivity (Wildman–Crippen MR) is 118 cm³/mol. The number of aryl methyl sites for hydroxylation is 1. The van der Waals surface area contributed by atoms with Crippen molar-refractivity contribution in [2.75, 3.05) is 31.1 Å². The minimum atomic E-state index is -0.314. The number of aromatic nitrogens is 2. The molecule has 1 atom stereocenters. The van der Waals surface area contributed by atoms with Gasteiger partial charge in [-0.3, -0.25) is 9.69 Å². The topological polar surface area (TPSA) is 65.2 Å². The molecule has 4 rings (SSSR count). The lowest BCUT2D eigenvalue weighted by atomic mass is 10.1. The summed E-state index contributed by atoms with van der Waals surface area (Å²) in [7, 11) is 1.66.